The van der Waals surface area contributed by atoms with Gasteiger partial charge in [0.1, 0.15) is 0 Å². The number of carbonyl (C=O) groups is 1. The van der Waals surface area contributed by atoms with Crippen molar-refractivity contribution in [2.75, 3.05) is 19.8 Å². The van der Waals surface area contributed by atoms with E-state index < -0.39 is 35.7 Å². The molecule has 0 unspecified atom stereocenters. The van der Waals surface area contributed by atoms with Gasteiger partial charge < -0.3 is 15.0 Å². The average Bonchev–Trinajstić information content (AvgIpc) is 3.20. The van der Waals surface area contributed by atoms with Gasteiger partial charge in [-0.3, -0.25) is 9.78 Å². The fourth-order valence-corrected chi connectivity index (χ4v) is 5.47. The van der Waals surface area contributed by atoms with Gasteiger partial charge in [-0.15, -0.1) is 0 Å². The van der Waals surface area contributed by atoms with E-state index >= 15 is 0 Å². The number of aromatic nitrogens is 1. The molecule has 3 heterocycles. The van der Waals surface area contributed by atoms with Gasteiger partial charge in [0, 0.05) is 63.1 Å². The Morgan fingerprint density at radius 1 is 1.15 bits per heavy atom. The Morgan fingerprint density at radius 3 is 2.56 bits per heavy atom. The molecular formula is C23H29F6N3O2. The molecule has 0 radical (unpaired) electrons. The molecule has 11 heteroatoms. The summed E-state index contributed by atoms with van der Waals surface area (Å²) in [6.45, 7) is 1.42. The maximum Gasteiger partial charge on any atom is 0.417 e. The lowest BCUT2D eigenvalue weighted by Gasteiger charge is -2.37. The average molecular weight is 493 g/mol. The van der Waals surface area contributed by atoms with E-state index in [1.165, 1.54) is 4.90 Å². The number of rotatable bonds is 5. The third kappa shape index (κ3) is 5.84. The number of nitrogens with zero attached hydrogens (tertiary/aromatic N) is 2. The third-order valence-electron chi connectivity index (χ3n) is 7.30. The lowest BCUT2D eigenvalue weighted by molar-refractivity contribution is -0.154. The Balaban J connectivity index is 1.51. The number of alkyl halides is 6. The van der Waals surface area contributed by atoms with Gasteiger partial charge in [0.05, 0.1) is 11.0 Å². The fourth-order valence-electron chi connectivity index (χ4n) is 5.47. The standard InChI is InChI=1S/C23H29F6N3O2/c24-22(25,26)7-6-21(5-1-18(12-21)31-17-3-9-34-10-4-17)20(33)32-8-2-19-15(14-32)11-16(13-30-19)23(27,28)29/h11,13,17-18,31H,1-10,12,14H2/t18-,21-/m1/s1. The van der Waals surface area contributed by atoms with Crippen LogP contribution in [-0.4, -0.2) is 53.8 Å². The van der Waals surface area contributed by atoms with E-state index in [-0.39, 0.29) is 38.0 Å². The summed E-state index contributed by atoms with van der Waals surface area (Å²) in [6, 6.07) is 1.13. The summed E-state index contributed by atoms with van der Waals surface area (Å²) in [5.41, 5.74) is -1.28. The quantitative estimate of drug-likeness (QED) is 0.608. The Morgan fingerprint density at radius 2 is 1.88 bits per heavy atom. The van der Waals surface area contributed by atoms with Crippen molar-refractivity contribution in [2.45, 2.75) is 82.3 Å². The topological polar surface area (TPSA) is 54.5 Å². The zero-order valence-electron chi connectivity index (χ0n) is 18.8. The monoisotopic (exact) mass is 493 g/mol. The Bertz CT molecular complexity index is 884. The van der Waals surface area contributed by atoms with Crippen molar-refractivity contribution in [1.29, 1.82) is 0 Å². The summed E-state index contributed by atoms with van der Waals surface area (Å²) in [5, 5.41) is 3.50. The van der Waals surface area contributed by atoms with Gasteiger partial charge in [-0.2, -0.15) is 26.3 Å². The van der Waals surface area contributed by atoms with Crippen LogP contribution in [0.4, 0.5) is 26.3 Å². The number of hydrogen-bond donors (Lipinski definition) is 1. The van der Waals surface area contributed by atoms with Crippen LogP contribution in [0, 0.1) is 5.41 Å². The fraction of sp³-hybridized carbons (Fsp3) is 0.739. The smallest absolute Gasteiger partial charge is 0.381 e. The molecule has 0 bridgehead atoms. The molecular weight excluding hydrogens is 464 g/mol. The summed E-state index contributed by atoms with van der Waals surface area (Å²) >= 11 is 0. The second kappa shape index (κ2) is 9.64. The van der Waals surface area contributed by atoms with Gasteiger partial charge in [-0.25, -0.2) is 0 Å². The van der Waals surface area contributed by atoms with Crippen molar-refractivity contribution in [2.24, 2.45) is 5.41 Å². The van der Waals surface area contributed by atoms with Gasteiger partial charge in [0.25, 0.3) is 0 Å². The highest BCUT2D eigenvalue weighted by atomic mass is 19.4. The molecule has 1 saturated heterocycles. The number of carbonyl (C=O) groups excluding carboxylic acids is 1. The van der Waals surface area contributed by atoms with Crippen molar-refractivity contribution in [1.82, 2.24) is 15.2 Å². The Kier molecular flexibility index (Phi) is 7.15. The van der Waals surface area contributed by atoms with Crippen molar-refractivity contribution >= 4 is 5.91 Å². The van der Waals surface area contributed by atoms with E-state index in [2.05, 4.69) is 10.3 Å². The first kappa shape index (κ1) is 25.2. The molecule has 1 aliphatic carbocycles. The first-order valence-electron chi connectivity index (χ1n) is 11.7. The van der Waals surface area contributed by atoms with Crippen LogP contribution in [0.1, 0.15) is 61.8 Å². The zero-order chi connectivity index (χ0) is 24.6. The van der Waals surface area contributed by atoms with Crippen molar-refractivity contribution in [3.05, 3.63) is 29.1 Å². The molecule has 1 aromatic rings. The van der Waals surface area contributed by atoms with Crippen LogP contribution in [0.3, 0.4) is 0 Å². The number of halogens is 6. The van der Waals surface area contributed by atoms with Crippen LogP contribution >= 0.6 is 0 Å². The number of pyridine rings is 1. The number of nitrogens with one attached hydrogen (secondary N) is 1. The minimum absolute atomic E-state index is 0.0725. The zero-order valence-corrected chi connectivity index (χ0v) is 18.8. The van der Waals surface area contributed by atoms with Crippen LogP contribution in [0.2, 0.25) is 0 Å². The van der Waals surface area contributed by atoms with E-state index in [0.29, 0.717) is 43.7 Å². The summed E-state index contributed by atoms with van der Waals surface area (Å²) < 4.78 is 84.1. The van der Waals surface area contributed by atoms with Crippen LogP contribution < -0.4 is 5.32 Å². The number of hydrogen-bond acceptors (Lipinski definition) is 4. The Labute approximate surface area is 194 Å². The van der Waals surface area contributed by atoms with Crippen LogP contribution in [0.25, 0.3) is 0 Å². The highest BCUT2D eigenvalue weighted by Crippen LogP contribution is 2.46. The van der Waals surface area contributed by atoms with Crippen LogP contribution in [0.5, 0.6) is 0 Å². The summed E-state index contributed by atoms with van der Waals surface area (Å²) in [4.78, 5) is 19.0. The van der Waals surface area contributed by atoms with Crippen molar-refractivity contribution in [3.63, 3.8) is 0 Å². The summed E-state index contributed by atoms with van der Waals surface area (Å²) in [5.74, 6) is -0.393. The first-order chi connectivity index (χ1) is 16.0. The highest BCUT2D eigenvalue weighted by molar-refractivity contribution is 5.83. The van der Waals surface area contributed by atoms with E-state index in [0.717, 1.165) is 25.1 Å². The van der Waals surface area contributed by atoms with E-state index in [9.17, 15) is 31.1 Å². The molecule has 4 rings (SSSR count). The minimum Gasteiger partial charge on any atom is -0.381 e. The molecule has 34 heavy (non-hydrogen) atoms. The molecule has 1 N–H and O–H groups in total. The van der Waals surface area contributed by atoms with E-state index in [1.807, 2.05) is 0 Å². The Hall–Kier alpha value is -1.88. The molecule has 3 aliphatic rings. The number of ether oxygens (including phenoxy) is 1. The van der Waals surface area contributed by atoms with Gasteiger partial charge >= 0.3 is 12.4 Å². The molecule has 2 fully saturated rings. The predicted molar refractivity (Wildman–Crippen MR) is 111 cm³/mol. The van der Waals surface area contributed by atoms with Gasteiger partial charge in [0.15, 0.2) is 0 Å². The van der Waals surface area contributed by atoms with Crippen molar-refractivity contribution < 1.29 is 35.9 Å². The number of amides is 1. The van der Waals surface area contributed by atoms with Crippen LogP contribution in [-0.2, 0) is 28.7 Å². The third-order valence-corrected chi connectivity index (χ3v) is 7.30. The van der Waals surface area contributed by atoms with Crippen LogP contribution in [0.15, 0.2) is 12.3 Å². The molecule has 1 amide bonds. The predicted octanol–water partition coefficient (Wildman–Crippen LogP) is 4.64. The second-order valence-electron chi connectivity index (χ2n) is 9.69. The largest absolute Gasteiger partial charge is 0.417 e. The normalized spacial score (nSPS) is 26.5. The second-order valence-corrected chi connectivity index (χ2v) is 9.69. The molecule has 1 saturated carbocycles. The summed E-state index contributed by atoms with van der Waals surface area (Å²) in [7, 11) is 0. The first-order valence-corrected chi connectivity index (χ1v) is 11.7. The molecule has 0 aromatic carbocycles. The molecule has 5 nitrogen and oxygen atoms in total. The maximum atomic E-state index is 13.6. The molecule has 0 spiro atoms. The lowest BCUT2D eigenvalue weighted by Crippen LogP contribution is -2.47. The molecule has 1 aromatic heterocycles. The molecule has 190 valence electrons. The highest BCUT2D eigenvalue weighted by Gasteiger charge is 2.49. The number of fused-ring (bicyclic) bond motifs is 1. The van der Waals surface area contributed by atoms with E-state index in [4.69, 9.17) is 4.74 Å². The minimum atomic E-state index is -4.56. The van der Waals surface area contributed by atoms with Gasteiger partial charge in [-0.05, 0) is 50.2 Å². The lowest BCUT2D eigenvalue weighted by atomic mass is 9.79. The molecule has 2 aliphatic heterocycles. The van der Waals surface area contributed by atoms with Gasteiger partial charge in [0.2, 0.25) is 5.91 Å². The van der Waals surface area contributed by atoms with Crippen molar-refractivity contribution in [3.8, 4) is 0 Å². The SMILES string of the molecule is O=C(N1CCc2ncc(C(F)(F)F)cc2C1)[C@@]1(CCC(F)(F)F)CC[C@@H](NC2CCOCC2)C1. The maximum absolute atomic E-state index is 13.6. The molecule has 2 atom stereocenters. The van der Waals surface area contributed by atoms with E-state index in [1.54, 1.807) is 0 Å². The van der Waals surface area contributed by atoms with Gasteiger partial charge in [-0.1, -0.05) is 0 Å². The summed E-state index contributed by atoms with van der Waals surface area (Å²) in [6.07, 6.45) is -6.42.